The molecule has 0 aliphatic heterocycles. The minimum Gasteiger partial charge on any atom is -0.325 e. The zero-order valence-corrected chi connectivity index (χ0v) is 12.7. The van der Waals surface area contributed by atoms with Crippen LogP contribution in [0.5, 0.6) is 0 Å². The molecular formula is C17H24F3N. The van der Waals surface area contributed by atoms with E-state index in [0.29, 0.717) is 12.3 Å². The lowest BCUT2D eigenvalue weighted by molar-refractivity contribution is -0.137. The van der Waals surface area contributed by atoms with E-state index >= 15 is 0 Å². The summed E-state index contributed by atoms with van der Waals surface area (Å²) in [5.41, 5.74) is 6.50. The van der Waals surface area contributed by atoms with Gasteiger partial charge in [-0.3, -0.25) is 0 Å². The van der Waals surface area contributed by atoms with Crippen LogP contribution in [-0.4, -0.2) is 5.54 Å². The van der Waals surface area contributed by atoms with Gasteiger partial charge in [0.05, 0.1) is 5.56 Å². The Bertz CT molecular complexity index is 454. The van der Waals surface area contributed by atoms with Crippen molar-refractivity contribution in [3.8, 4) is 0 Å². The number of hydrogen-bond donors (Lipinski definition) is 1. The fourth-order valence-electron chi connectivity index (χ4n) is 3.28. The van der Waals surface area contributed by atoms with E-state index in [1.54, 1.807) is 12.1 Å². The first-order chi connectivity index (χ1) is 9.70. The van der Waals surface area contributed by atoms with Crippen molar-refractivity contribution in [1.29, 1.82) is 0 Å². The molecule has 0 unspecified atom stereocenters. The van der Waals surface area contributed by atoms with E-state index in [0.717, 1.165) is 49.3 Å². The van der Waals surface area contributed by atoms with E-state index in [1.807, 2.05) is 0 Å². The highest BCUT2D eigenvalue weighted by atomic mass is 19.4. The molecule has 0 bridgehead atoms. The predicted octanol–water partition coefficient (Wildman–Crippen LogP) is 4.79. The molecule has 0 aromatic heterocycles. The highest BCUT2D eigenvalue weighted by Crippen LogP contribution is 2.36. The maximum absolute atomic E-state index is 12.5. The lowest BCUT2D eigenvalue weighted by Gasteiger charge is -2.38. The first kappa shape index (κ1) is 16.3. The molecule has 21 heavy (non-hydrogen) atoms. The van der Waals surface area contributed by atoms with Gasteiger partial charge in [-0.05, 0) is 61.6 Å². The standard InChI is InChI=1S/C17H24F3N/c1-12(2)14-7-9-16(21,10-8-14)11-13-3-5-15(6-4-13)17(18,19)20/h3-6,12,14H,7-11,21H2,1-2H3. The Kier molecular flexibility index (Phi) is 4.66. The van der Waals surface area contributed by atoms with Gasteiger partial charge in [-0.1, -0.05) is 26.0 Å². The number of hydrogen-bond acceptors (Lipinski definition) is 1. The predicted molar refractivity (Wildman–Crippen MR) is 78.9 cm³/mol. The minimum absolute atomic E-state index is 0.259. The topological polar surface area (TPSA) is 26.0 Å². The van der Waals surface area contributed by atoms with Gasteiger partial charge in [-0.2, -0.15) is 13.2 Å². The maximum atomic E-state index is 12.5. The van der Waals surface area contributed by atoms with Gasteiger partial charge in [0.2, 0.25) is 0 Å². The number of nitrogens with two attached hydrogens (primary N) is 1. The molecule has 1 fully saturated rings. The molecular weight excluding hydrogens is 275 g/mol. The maximum Gasteiger partial charge on any atom is 0.416 e. The Labute approximate surface area is 124 Å². The zero-order chi connectivity index (χ0) is 15.7. The van der Waals surface area contributed by atoms with Crippen LogP contribution >= 0.6 is 0 Å². The normalized spacial score (nSPS) is 27.1. The quantitative estimate of drug-likeness (QED) is 0.853. The van der Waals surface area contributed by atoms with Gasteiger partial charge in [0.25, 0.3) is 0 Å². The summed E-state index contributed by atoms with van der Waals surface area (Å²) in [7, 11) is 0. The Hall–Kier alpha value is -1.03. The Balaban J connectivity index is 1.98. The number of halogens is 3. The van der Waals surface area contributed by atoms with Crippen LogP contribution in [0.2, 0.25) is 0 Å². The summed E-state index contributed by atoms with van der Waals surface area (Å²) >= 11 is 0. The van der Waals surface area contributed by atoms with Crippen LogP contribution in [0.4, 0.5) is 13.2 Å². The molecule has 4 heteroatoms. The minimum atomic E-state index is -4.27. The molecule has 2 N–H and O–H groups in total. The Morgan fingerprint density at radius 1 is 1.14 bits per heavy atom. The van der Waals surface area contributed by atoms with E-state index in [1.165, 1.54) is 0 Å². The van der Waals surface area contributed by atoms with E-state index in [4.69, 9.17) is 5.73 Å². The first-order valence-corrected chi connectivity index (χ1v) is 7.65. The van der Waals surface area contributed by atoms with Crippen molar-refractivity contribution >= 4 is 0 Å². The summed E-state index contributed by atoms with van der Waals surface area (Å²) < 4.78 is 37.6. The van der Waals surface area contributed by atoms with E-state index < -0.39 is 11.7 Å². The van der Waals surface area contributed by atoms with E-state index in [2.05, 4.69) is 13.8 Å². The zero-order valence-electron chi connectivity index (χ0n) is 12.7. The van der Waals surface area contributed by atoms with Gasteiger partial charge in [0.1, 0.15) is 0 Å². The number of benzene rings is 1. The first-order valence-electron chi connectivity index (χ1n) is 7.65. The average molecular weight is 299 g/mol. The van der Waals surface area contributed by atoms with Crippen molar-refractivity contribution in [1.82, 2.24) is 0 Å². The summed E-state index contributed by atoms with van der Waals surface area (Å²) in [6, 6.07) is 5.43. The summed E-state index contributed by atoms with van der Waals surface area (Å²) in [5, 5.41) is 0. The summed E-state index contributed by atoms with van der Waals surface area (Å²) in [6.45, 7) is 4.48. The lowest BCUT2D eigenvalue weighted by Crippen LogP contribution is -2.45. The molecule has 0 saturated heterocycles. The van der Waals surface area contributed by atoms with Gasteiger partial charge < -0.3 is 5.73 Å². The van der Waals surface area contributed by atoms with E-state index in [9.17, 15) is 13.2 Å². The van der Waals surface area contributed by atoms with Gasteiger partial charge in [-0.25, -0.2) is 0 Å². The number of rotatable bonds is 3. The second kappa shape index (κ2) is 5.99. The van der Waals surface area contributed by atoms with Crippen LogP contribution in [0.1, 0.15) is 50.7 Å². The highest BCUT2D eigenvalue weighted by molar-refractivity contribution is 5.26. The molecule has 1 saturated carbocycles. The van der Waals surface area contributed by atoms with Crippen LogP contribution in [0.25, 0.3) is 0 Å². The highest BCUT2D eigenvalue weighted by Gasteiger charge is 2.33. The van der Waals surface area contributed by atoms with Crippen molar-refractivity contribution < 1.29 is 13.2 Å². The van der Waals surface area contributed by atoms with Crippen LogP contribution in [-0.2, 0) is 12.6 Å². The Morgan fingerprint density at radius 2 is 1.67 bits per heavy atom. The summed E-state index contributed by atoms with van der Waals surface area (Å²) in [5.74, 6) is 1.41. The van der Waals surface area contributed by atoms with Crippen LogP contribution < -0.4 is 5.73 Å². The smallest absolute Gasteiger partial charge is 0.325 e. The molecule has 2 rings (SSSR count). The fraction of sp³-hybridized carbons (Fsp3) is 0.647. The van der Waals surface area contributed by atoms with Crippen molar-refractivity contribution in [2.24, 2.45) is 17.6 Å². The van der Waals surface area contributed by atoms with E-state index in [-0.39, 0.29) is 5.54 Å². The molecule has 0 radical (unpaired) electrons. The molecule has 0 amide bonds. The third-order valence-electron chi connectivity index (χ3n) is 4.81. The monoisotopic (exact) mass is 299 g/mol. The largest absolute Gasteiger partial charge is 0.416 e. The van der Waals surface area contributed by atoms with Gasteiger partial charge in [0, 0.05) is 5.54 Å². The molecule has 1 aliphatic rings. The molecule has 118 valence electrons. The molecule has 1 aromatic rings. The van der Waals surface area contributed by atoms with Crippen LogP contribution in [0.15, 0.2) is 24.3 Å². The average Bonchev–Trinajstić information content (AvgIpc) is 2.38. The molecule has 1 aliphatic carbocycles. The second-order valence-corrected chi connectivity index (χ2v) is 6.82. The van der Waals surface area contributed by atoms with Gasteiger partial charge in [-0.15, -0.1) is 0 Å². The number of alkyl halides is 3. The van der Waals surface area contributed by atoms with Gasteiger partial charge >= 0.3 is 6.18 Å². The molecule has 0 spiro atoms. The molecule has 1 nitrogen and oxygen atoms in total. The third-order valence-corrected chi connectivity index (χ3v) is 4.81. The van der Waals surface area contributed by atoms with Crippen molar-refractivity contribution in [3.63, 3.8) is 0 Å². The van der Waals surface area contributed by atoms with Crippen LogP contribution in [0.3, 0.4) is 0 Å². The summed E-state index contributed by atoms with van der Waals surface area (Å²) in [4.78, 5) is 0. The van der Waals surface area contributed by atoms with Gasteiger partial charge in [0.15, 0.2) is 0 Å². The Morgan fingerprint density at radius 3 is 2.10 bits per heavy atom. The lowest BCUT2D eigenvalue weighted by atomic mass is 9.71. The summed E-state index contributed by atoms with van der Waals surface area (Å²) in [6.07, 6.45) is 0.543. The van der Waals surface area contributed by atoms with Crippen molar-refractivity contribution in [3.05, 3.63) is 35.4 Å². The molecule has 0 atom stereocenters. The molecule has 0 heterocycles. The molecule has 1 aromatic carbocycles. The van der Waals surface area contributed by atoms with Crippen LogP contribution in [0, 0.1) is 11.8 Å². The SMILES string of the molecule is CC(C)C1CCC(N)(Cc2ccc(C(F)(F)F)cc2)CC1. The van der Waals surface area contributed by atoms with Crippen molar-refractivity contribution in [2.45, 2.75) is 57.7 Å². The van der Waals surface area contributed by atoms with Crippen molar-refractivity contribution in [2.75, 3.05) is 0 Å². The second-order valence-electron chi connectivity index (χ2n) is 6.82. The third kappa shape index (κ3) is 4.22. The fourth-order valence-corrected chi connectivity index (χ4v) is 3.28.